The fourth-order valence-corrected chi connectivity index (χ4v) is 1.37. The SMILES string of the molecule is CO[C@H](C(=O)N[C@@H](C)C(=O)O)c1ccccc1. The summed E-state index contributed by atoms with van der Waals surface area (Å²) < 4.78 is 5.07. The third-order valence-electron chi connectivity index (χ3n) is 2.31. The molecule has 0 unspecified atom stereocenters. The molecule has 92 valence electrons. The molecule has 0 saturated carbocycles. The predicted octanol–water partition coefficient (Wildman–Crippen LogP) is 0.963. The third-order valence-corrected chi connectivity index (χ3v) is 2.31. The molecule has 0 aliphatic carbocycles. The summed E-state index contributed by atoms with van der Waals surface area (Å²) in [6.07, 6.45) is -0.794. The fraction of sp³-hybridized carbons (Fsp3) is 0.333. The van der Waals surface area contributed by atoms with E-state index < -0.39 is 24.0 Å². The van der Waals surface area contributed by atoms with Crippen LogP contribution in [0.2, 0.25) is 0 Å². The maximum Gasteiger partial charge on any atom is 0.325 e. The molecule has 1 amide bonds. The first kappa shape index (κ1) is 13.2. The van der Waals surface area contributed by atoms with Gasteiger partial charge in [0.15, 0.2) is 6.10 Å². The van der Waals surface area contributed by atoms with Crippen molar-refractivity contribution >= 4 is 11.9 Å². The highest BCUT2D eigenvalue weighted by molar-refractivity contribution is 5.86. The summed E-state index contributed by atoms with van der Waals surface area (Å²) in [5.74, 6) is -1.55. The minimum atomic E-state index is -1.08. The van der Waals surface area contributed by atoms with Crippen LogP contribution in [-0.4, -0.2) is 30.1 Å². The first-order valence-electron chi connectivity index (χ1n) is 5.17. The van der Waals surface area contributed by atoms with Crippen molar-refractivity contribution in [3.63, 3.8) is 0 Å². The van der Waals surface area contributed by atoms with Gasteiger partial charge in [-0.25, -0.2) is 0 Å². The van der Waals surface area contributed by atoms with Gasteiger partial charge < -0.3 is 15.2 Å². The molecule has 1 rings (SSSR count). The Morgan fingerprint density at radius 1 is 1.29 bits per heavy atom. The lowest BCUT2D eigenvalue weighted by atomic mass is 10.1. The summed E-state index contributed by atoms with van der Waals surface area (Å²) in [4.78, 5) is 22.4. The largest absolute Gasteiger partial charge is 0.480 e. The number of ether oxygens (including phenoxy) is 1. The van der Waals surface area contributed by atoms with Gasteiger partial charge in [-0.05, 0) is 12.5 Å². The van der Waals surface area contributed by atoms with Crippen LogP contribution in [0.1, 0.15) is 18.6 Å². The second-order valence-electron chi connectivity index (χ2n) is 3.59. The molecule has 0 radical (unpaired) electrons. The Morgan fingerprint density at radius 3 is 2.35 bits per heavy atom. The molecule has 2 N–H and O–H groups in total. The van der Waals surface area contributed by atoms with Crippen molar-refractivity contribution in [1.82, 2.24) is 5.32 Å². The number of nitrogens with one attached hydrogen (secondary N) is 1. The number of rotatable bonds is 5. The van der Waals surface area contributed by atoms with Gasteiger partial charge in [-0.15, -0.1) is 0 Å². The first-order chi connectivity index (χ1) is 8.06. The number of carboxylic acids is 1. The van der Waals surface area contributed by atoms with E-state index >= 15 is 0 Å². The van der Waals surface area contributed by atoms with Gasteiger partial charge in [-0.2, -0.15) is 0 Å². The van der Waals surface area contributed by atoms with Crippen LogP contribution in [0.3, 0.4) is 0 Å². The van der Waals surface area contributed by atoms with Crippen molar-refractivity contribution in [2.75, 3.05) is 7.11 Å². The molecule has 0 heterocycles. The summed E-state index contributed by atoms with van der Waals surface area (Å²) in [5, 5.41) is 11.1. The third kappa shape index (κ3) is 3.57. The van der Waals surface area contributed by atoms with Crippen molar-refractivity contribution in [3.05, 3.63) is 35.9 Å². The molecule has 5 nitrogen and oxygen atoms in total. The predicted molar refractivity (Wildman–Crippen MR) is 61.4 cm³/mol. The van der Waals surface area contributed by atoms with E-state index in [1.165, 1.54) is 14.0 Å². The number of amides is 1. The first-order valence-corrected chi connectivity index (χ1v) is 5.17. The number of benzene rings is 1. The molecule has 0 spiro atoms. The van der Waals surface area contributed by atoms with Gasteiger partial charge in [0, 0.05) is 7.11 Å². The summed E-state index contributed by atoms with van der Waals surface area (Å²) >= 11 is 0. The van der Waals surface area contributed by atoms with Crippen LogP contribution in [0.25, 0.3) is 0 Å². The van der Waals surface area contributed by atoms with Gasteiger partial charge in [-0.1, -0.05) is 30.3 Å². The minimum absolute atomic E-state index is 0.464. The highest BCUT2D eigenvalue weighted by atomic mass is 16.5. The Balaban J connectivity index is 2.75. The molecule has 17 heavy (non-hydrogen) atoms. The van der Waals surface area contributed by atoms with Crippen LogP contribution in [0.5, 0.6) is 0 Å². The molecule has 0 aliphatic heterocycles. The van der Waals surface area contributed by atoms with E-state index in [0.717, 1.165) is 0 Å². The molecule has 5 heteroatoms. The fourth-order valence-electron chi connectivity index (χ4n) is 1.37. The zero-order chi connectivity index (χ0) is 12.8. The maximum absolute atomic E-state index is 11.8. The van der Waals surface area contributed by atoms with E-state index in [9.17, 15) is 9.59 Å². The lowest BCUT2D eigenvalue weighted by Gasteiger charge is -2.17. The number of hydrogen-bond acceptors (Lipinski definition) is 3. The van der Waals surface area contributed by atoms with Crippen LogP contribution in [0, 0.1) is 0 Å². The van der Waals surface area contributed by atoms with Crippen LogP contribution < -0.4 is 5.32 Å². The standard InChI is InChI=1S/C12H15NO4/c1-8(12(15)16)13-11(14)10(17-2)9-6-4-3-5-7-9/h3-8,10H,1-2H3,(H,13,14)(H,15,16)/t8-,10-/m0/s1. The van der Waals surface area contributed by atoms with Crippen molar-refractivity contribution in [3.8, 4) is 0 Å². The Bertz CT molecular complexity index is 391. The number of hydrogen-bond donors (Lipinski definition) is 2. The van der Waals surface area contributed by atoms with Gasteiger partial charge in [0.05, 0.1) is 0 Å². The molecule has 0 bridgehead atoms. The van der Waals surface area contributed by atoms with Crippen molar-refractivity contribution < 1.29 is 19.4 Å². The molecule has 1 aromatic rings. The van der Waals surface area contributed by atoms with Gasteiger partial charge in [0.25, 0.3) is 5.91 Å². The van der Waals surface area contributed by atoms with Gasteiger partial charge in [-0.3, -0.25) is 9.59 Å². The molecule has 2 atom stereocenters. The summed E-state index contributed by atoms with van der Waals surface area (Å²) in [5.41, 5.74) is 0.685. The molecule has 0 aliphatic rings. The van der Waals surface area contributed by atoms with Crippen LogP contribution in [0.15, 0.2) is 30.3 Å². The zero-order valence-electron chi connectivity index (χ0n) is 9.71. The highest BCUT2D eigenvalue weighted by Gasteiger charge is 2.23. The highest BCUT2D eigenvalue weighted by Crippen LogP contribution is 2.16. The topological polar surface area (TPSA) is 75.6 Å². The van der Waals surface area contributed by atoms with Crippen LogP contribution in [0.4, 0.5) is 0 Å². The maximum atomic E-state index is 11.8. The lowest BCUT2D eigenvalue weighted by Crippen LogP contribution is -2.41. The van der Waals surface area contributed by atoms with E-state index in [1.54, 1.807) is 24.3 Å². The van der Waals surface area contributed by atoms with E-state index in [1.807, 2.05) is 6.07 Å². The minimum Gasteiger partial charge on any atom is -0.480 e. The quantitative estimate of drug-likeness (QED) is 0.800. The average molecular weight is 237 g/mol. The molecule has 1 aromatic carbocycles. The normalized spacial score (nSPS) is 13.8. The van der Waals surface area contributed by atoms with Gasteiger partial charge in [0.1, 0.15) is 6.04 Å². The average Bonchev–Trinajstić information content (AvgIpc) is 2.31. The Morgan fingerprint density at radius 2 is 1.88 bits per heavy atom. The van der Waals surface area contributed by atoms with Crippen LogP contribution in [-0.2, 0) is 14.3 Å². The number of methoxy groups -OCH3 is 1. The summed E-state index contributed by atoms with van der Waals surface area (Å²) in [6, 6.07) is 7.96. The van der Waals surface area contributed by atoms with Crippen LogP contribution >= 0.6 is 0 Å². The Kier molecular flexibility index (Phi) is 4.66. The van der Waals surface area contributed by atoms with E-state index in [-0.39, 0.29) is 0 Å². The van der Waals surface area contributed by atoms with E-state index in [0.29, 0.717) is 5.56 Å². The van der Waals surface area contributed by atoms with Crippen molar-refractivity contribution in [2.24, 2.45) is 0 Å². The smallest absolute Gasteiger partial charge is 0.325 e. The molecular weight excluding hydrogens is 222 g/mol. The lowest BCUT2D eigenvalue weighted by molar-refractivity contribution is -0.143. The molecule has 0 fully saturated rings. The molecule has 0 aromatic heterocycles. The number of carboxylic acid groups (broad SMARTS) is 1. The molecule has 0 saturated heterocycles. The second-order valence-corrected chi connectivity index (χ2v) is 3.59. The van der Waals surface area contributed by atoms with Crippen molar-refractivity contribution in [1.29, 1.82) is 0 Å². The Hall–Kier alpha value is -1.88. The number of aliphatic carboxylic acids is 1. The van der Waals surface area contributed by atoms with E-state index in [2.05, 4.69) is 5.32 Å². The number of carbonyl (C=O) groups excluding carboxylic acids is 1. The Labute approximate surface area is 99.4 Å². The zero-order valence-corrected chi connectivity index (χ0v) is 9.71. The van der Waals surface area contributed by atoms with Gasteiger partial charge >= 0.3 is 5.97 Å². The number of carbonyl (C=O) groups is 2. The van der Waals surface area contributed by atoms with Gasteiger partial charge in [0.2, 0.25) is 0 Å². The summed E-state index contributed by atoms with van der Waals surface area (Å²) in [6.45, 7) is 1.40. The van der Waals surface area contributed by atoms with Crippen molar-refractivity contribution in [2.45, 2.75) is 19.1 Å². The van der Waals surface area contributed by atoms with E-state index in [4.69, 9.17) is 9.84 Å². The summed E-state index contributed by atoms with van der Waals surface area (Å²) in [7, 11) is 1.41. The molecular formula is C12H15NO4. The monoisotopic (exact) mass is 237 g/mol. The second kappa shape index (κ2) is 6.00.